The third kappa shape index (κ3) is 2.42. The molecule has 4 heteroatoms. The molecule has 4 nitrogen and oxygen atoms in total. The van der Waals surface area contributed by atoms with Gasteiger partial charge in [0.25, 0.3) is 0 Å². The lowest BCUT2D eigenvalue weighted by Gasteiger charge is -2.34. The van der Waals surface area contributed by atoms with E-state index in [2.05, 4.69) is 10.2 Å². The van der Waals surface area contributed by atoms with Crippen molar-refractivity contribution in [1.29, 1.82) is 0 Å². The number of nitrogens with zero attached hydrogens (tertiary/aromatic N) is 2. The summed E-state index contributed by atoms with van der Waals surface area (Å²) in [4.78, 5) is 16.1. The first-order chi connectivity index (χ1) is 8.09. The van der Waals surface area contributed by atoms with Gasteiger partial charge in [-0.2, -0.15) is 0 Å². The van der Waals surface area contributed by atoms with Crippen molar-refractivity contribution in [2.45, 2.75) is 13.0 Å². The molecular formula is C13H19N3O. The van der Waals surface area contributed by atoms with Crippen LogP contribution in [0.15, 0.2) is 24.3 Å². The molecule has 1 heterocycles. The summed E-state index contributed by atoms with van der Waals surface area (Å²) in [6.45, 7) is 3.50. The van der Waals surface area contributed by atoms with E-state index < -0.39 is 0 Å². The number of hydrogen-bond donors (Lipinski definition) is 1. The molecule has 0 saturated carbocycles. The highest BCUT2D eigenvalue weighted by molar-refractivity contribution is 6.04. The fraction of sp³-hybridized carbons (Fsp3) is 0.462. The Hall–Kier alpha value is -1.55. The largest absolute Gasteiger partial charge is 0.372 e. The number of carbonyl (C=O) groups is 1. The highest BCUT2D eigenvalue weighted by atomic mass is 16.2. The molecule has 1 unspecified atom stereocenters. The maximum absolute atomic E-state index is 12.1. The molecule has 0 aliphatic carbocycles. The van der Waals surface area contributed by atoms with Gasteiger partial charge in [0, 0.05) is 13.1 Å². The summed E-state index contributed by atoms with van der Waals surface area (Å²) in [5, 5.41) is 3.22. The third-order valence-electron chi connectivity index (χ3n) is 2.97. The number of rotatable bonds is 3. The minimum Gasteiger partial charge on any atom is -0.372 e. The molecule has 1 aromatic rings. The van der Waals surface area contributed by atoms with Gasteiger partial charge in [0.2, 0.25) is 5.91 Å². The zero-order valence-electron chi connectivity index (χ0n) is 10.6. The second-order valence-corrected chi connectivity index (χ2v) is 4.68. The van der Waals surface area contributed by atoms with E-state index in [0.29, 0.717) is 0 Å². The zero-order chi connectivity index (χ0) is 12.4. The van der Waals surface area contributed by atoms with E-state index in [1.165, 1.54) is 0 Å². The predicted octanol–water partition coefficient (Wildman–Crippen LogP) is 1.40. The van der Waals surface area contributed by atoms with Gasteiger partial charge in [0.1, 0.15) is 6.04 Å². The van der Waals surface area contributed by atoms with Crippen LogP contribution in [0.25, 0.3) is 0 Å². The Morgan fingerprint density at radius 2 is 2.06 bits per heavy atom. The van der Waals surface area contributed by atoms with Crippen molar-refractivity contribution in [3.05, 3.63) is 24.3 Å². The van der Waals surface area contributed by atoms with Gasteiger partial charge < -0.3 is 15.1 Å². The standard InChI is InChI=1S/C13H19N3O/c1-10-13(17)16(9-8-15(2)3)12-7-5-4-6-11(12)14-10/h4-7,10,14H,8-9H2,1-3H3. The SMILES string of the molecule is CC1Nc2ccccc2N(CCN(C)C)C1=O. The molecule has 0 saturated heterocycles. The van der Waals surface area contributed by atoms with E-state index >= 15 is 0 Å². The smallest absolute Gasteiger partial charge is 0.249 e. The molecular weight excluding hydrogens is 214 g/mol. The Kier molecular flexibility index (Phi) is 3.33. The molecule has 1 amide bonds. The summed E-state index contributed by atoms with van der Waals surface area (Å²) in [6.07, 6.45) is 0. The molecule has 0 fully saturated rings. The van der Waals surface area contributed by atoms with E-state index in [4.69, 9.17) is 0 Å². The molecule has 17 heavy (non-hydrogen) atoms. The minimum atomic E-state index is -0.146. The van der Waals surface area contributed by atoms with Crippen LogP contribution < -0.4 is 10.2 Å². The maximum atomic E-state index is 12.1. The molecule has 1 aliphatic heterocycles. The van der Waals surface area contributed by atoms with Crippen LogP contribution in [0.3, 0.4) is 0 Å². The number of hydrogen-bond acceptors (Lipinski definition) is 3. The molecule has 1 aliphatic rings. The fourth-order valence-corrected chi connectivity index (χ4v) is 2.01. The van der Waals surface area contributed by atoms with E-state index in [0.717, 1.165) is 24.5 Å². The van der Waals surface area contributed by atoms with Crippen molar-refractivity contribution in [1.82, 2.24) is 4.90 Å². The summed E-state index contributed by atoms with van der Waals surface area (Å²) in [7, 11) is 4.03. The van der Waals surface area contributed by atoms with Crippen LogP contribution >= 0.6 is 0 Å². The van der Waals surface area contributed by atoms with Crippen molar-refractivity contribution in [3.8, 4) is 0 Å². The lowest BCUT2D eigenvalue weighted by Crippen LogP contribution is -2.47. The molecule has 92 valence electrons. The average molecular weight is 233 g/mol. The van der Waals surface area contributed by atoms with Crippen LogP contribution in [0.5, 0.6) is 0 Å². The number of nitrogens with one attached hydrogen (secondary N) is 1. The summed E-state index contributed by atoms with van der Waals surface area (Å²) >= 11 is 0. The lowest BCUT2D eigenvalue weighted by molar-refractivity contribution is -0.119. The number of carbonyl (C=O) groups excluding carboxylic acids is 1. The Bertz CT molecular complexity index is 417. The van der Waals surface area contributed by atoms with E-state index in [-0.39, 0.29) is 11.9 Å². The molecule has 1 N–H and O–H groups in total. The van der Waals surface area contributed by atoms with Crippen LogP contribution in [0.1, 0.15) is 6.92 Å². The molecule has 0 aromatic heterocycles. The van der Waals surface area contributed by atoms with Gasteiger partial charge >= 0.3 is 0 Å². The second kappa shape index (κ2) is 4.75. The number of anilines is 2. The van der Waals surface area contributed by atoms with Gasteiger partial charge in [0.05, 0.1) is 11.4 Å². The summed E-state index contributed by atoms with van der Waals surface area (Å²) in [5.41, 5.74) is 2.02. The van der Waals surface area contributed by atoms with Crippen LogP contribution in [-0.2, 0) is 4.79 Å². The molecule has 2 rings (SSSR count). The highest BCUT2D eigenvalue weighted by Crippen LogP contribution is 2.30. The Morgan fingerprint density at radius 3 is 2.76 bits per heavy atom. The summed E-state index contributed by atoms with van der Waals surface area (Å²) in [6, 6.07) is 7.81. The Labute approximate surface area is 102 Å². The van der Waals surface area contributed by atoms with Crippen molar-refractivity contribution in [3.63, 3.8) is 0 Å². The van der Waals surface area contributed by atoms with Gasteiger partial charge in [0.15, 0.2) is 0 Å². The first kappa shape index (κ1) is 11.9. The molecule has 1 aromatic carbocycles. The van der Waals surface area contributed by atoms with Gasteiger partial charge in [-0.05, 0) is 33.2 Å². The van der Waals surface area contributed by atoms with Gasteiger partial charge in [-0.3, -0.25) is 4.79 Å². The normalized spacial score (nSPS) is 19.2. The van der Waals surface area contributed by atoms with Crippen molar-refractivity contribution >= 4 is 17.3 Å². The van der Waals surface area contributed by atoms with Crippen LogP contribution in [0, 0.1) is 0 Å². The maximum Gasteiger partial charge on any atom is 0.249 e. The Morgan fingerprint density at radius 1 is 1.35 bits per heavy atom. The van der Waals surface area contributed by atoms with E-state index in [9.17, 15) is 4.79 Å². The third-order valence-corrected chi connectivity index (χ3v) is 2.97. The van der Waals surface area contributed by atoms with Crippen LogP contribution in [-0.4, -0.2) is 44.0 Å². The number of benzene rings is 1. The fourth-order valence-electron chi connectivity index (χ4n) is 2.01. The summed E-state index contributed by atoms with van der Waals surface area (Å²) < 4.78 is 0. The highest BCUT2D eigenvalue weighted by Gasteiger charge is 2.28. The predicted molar refractivity (Wildman–Crippen MR) is 70.4 cm³/mol. The average Bonchev–Trinajstić information content (AvgIpc) is 2.29. The van der Waals surface area contributed by atoms with Crippen LogP contribution in [0.4, 0.5) is 11.4 Å². The number of fused-ring (bicyclic) bond motifs is 1. The Balaban J connectivity index is 2.26. The monoisotopic (exact) mass is 233 g/mol. The van der Waals surface area contributed by atoms with Gasteiger partial charge in [-0.25, -0.2) is 0 Å². The minimum absolute atomic E-state index is 0.144. The quantitative estimate of drug-likeness (QED) is 0.857. The topological polar surface area (TPSA) is 35.6 Å². The molecule has 1 atom stereocenters. The van der Waals surface area contributed by atoms with Gasteiger partial charge in [-0.15, -0.1) is 0 Å². The first-order valence-corrected chi connectivity index (χ1v) is 5.91. The second-order valence-electron chi connectivity index (χ2n) is 4.68. The van der Waals surface area contributed by atoms with Gasteiger partial charge in [-0.1, -0.05) is 12.1 Å². The van der Waals surface area contributed by atoms with Crippen molar-refractivity contribution in [2.24, 2.45) is 0 Å². The van der Waals surface area contributed by atoms with E-state index in [1.807, 2.05) is 50.2 Å². The zero-order valence-corrected chi connectivity index (χ0v) is 10.6. The molecule has 0 bridgehead atoms. The molecule has 0 spiro atoms. The summed E-state index contributed by atoms with van der Waals surface area (Å²) in [5.74, 6) is 0.144. The molecule has 0 radical (unpaired) electrons. The van der Waals surface area contributed by atoms with Crippen molar-refractivity contribution in [2.75, 3.05) is 37.4 Å². The lowest BCUT2D eigenvalue weighted by atomic mass is 10.1. The van der Waals surface area contributed by atoms with Crippen LogP contribution in [0.2, 0.25) is 0 Å². The van der Waals surface area contributed by atoms with Crippen molar-refractivity contribution < 1.29 is 4.79 Å². The van der Waals surface area contributed by atoms with E-state index in [1.54, 1.807) is 0 Å². The first-order valence-electron chi connectivity index (χ1n) is 5.91. The number of para-hydroxylation sites is 2. The number of amides is 1. The number of likely N-dealkylation sites (N-methyl/N-ethyl adjacent to an activating group) is 1.